The predicted molar refractivity (Wildman–Crippen MR) is 82.0 cm³/mol. The highest BCUT2D eigenvalue weighted by atomic mass is 15.1. The third-order valence-electron chi connectivity index (χ3n) is 3.01. The molecule has 0 spiro atoms. The third kappa shape index (κ3) is 7.43. The number of nitrogens with zero attached hydrogens (tertiary/aromatic N) is 1. The maximum atomic E-state index is 3.03. The van der Waals surface area contributed by atoms with Crippen molar-refractivity contribution in [1.29, 1.82) is 0 Å². The van der Waals surface area contributed by atoms with Crippen LogP contribution < -0.4 is 0 Å². The highest BCUT2D eigenvalue weighted by Gasteiger charge is 1.98. The molecule has 0 saturated heterocycles. The number of hydrogen-bond donors (Lipinski definition) is 0. The molecular weight excluding hydrogens is 230 g/mol. The molecule has 1 nitrogen and oxygen atoms in total. The van der Waals surface area contributed by atoms with Crippen molar-refractivity contribution in [2.75, 3.05) is 19.6 Å². The Morgan fingerprint density at radius 1 is 0.842 bits per heavy atom. The van der Waals surface area contributed by atoms with Gasteiger partial charge in [-0.25, -0.2) is 0 Å². The van der Waals surface area contributed by atoms with E-state index in [0.717, 1.165) is 26.1 Å². The fourth-order valence-electron chi connectivity index (χ4n) is 1.76. The van der Waals surface area contributed by atoms with Crippen LogP contribution in [-0.4, -0.2) is 24.5 Å². The average Bonchev–Trinajstić information content (AvgIpc) is 2.52. The van der Waals surface area contributed by atoms with Gasteiger partial charge in [0.1, 0.15) is 0 Å². The van der Waals surface area contributed by atoms with Crippen molar-refractivity contribution >= 4 is 0 Å². The van der Waals surface area contributed by atoms with Crippen molar-refractivity contribution < 1.29 is 0 Å². The Morgan fingerprint density at radius 3 is 1.84 bits per heavy atom. The van der Waals surface area contributed by atoms with Crippen LogP contribution in [0.3, 0.4) is 0 Å². The topological polar surface area (TPSA) is 3.24 Å². The molecule has 2 radical (unpaired) electrons. The Bertz CT molecular complexity index is 366. The summed E-state index contributed by atoms with van der Waals surface area (Å²) in [6, 6.07) is 23.8. The van der Waals surface area contributed by atoms with Crippen LogP contribution in [0.15, 0.2) is 54.6 Å². The van der Waals surface area contributed by atoms with Gasteiger partial charge in [-0.1, -0.05) is 68.4 Å². The number of likely N-dealkylation sites (N-methyl/N-ethyl adjacent to an activating group) is 1. The lowest BCUT2D eigenvalue weighted by molar-refractivity contribution is 0.308. The number of rotatable bonds is 5. The van der Waals surface area contributed by atoms with Gasteiger partial charge in [0.25, 0.3) is 0 Å². The van der Waals surface area contributed by atoms with E-state index in [1.807, 2.05) is 42.5 Å². The standard InChI is InChI=1S/C12H18N.C6H5/c1-3-13(4-2)11-10-12-8-6-5-7-9-12;1-2-4-6-5-3-1/h6-9H,3-4,10-11H2,1-2H3;1-5H. The van der Waals surface area contributed by atoms with Gasteiger partial charge >= 0.3 is 0 Å². The van der Waals surface area contributed by atoms with Crippen molar-refractivity contribution in [3.05, 3.63) is 72.3 Å². The van der Waals surface area contributed by atoms with Crippen LogP contribution >= 0.6 is 0 Å². The molecule has 0 aliphatic rings. The van der Waals surface area contributed by atoms with Crippen LogP contribution in [0.1, 0.15) is 19.4 Å². The summed E-state index contributed by atoms with van der Waals surface area (Å²) in [5.41, 5.74) is 1.41. The number of benzene rings is 2. The molecule has 0 heterocycles. The van der Waals surface area contributed by atoms with Crippen LogP contribution in [0.5, 0.6) is 0 Å². The first kappa shape index (κ1) is 15.5. The lowest BCUT2D eigenvalue weighted by Crippen LogP contribution is -2.25. The molecule has 19 heavy (non-hydrogen) atoms. The molecule has 0 aromatic heterocycles. The van der Waals surface area contributed by atoms with E-state index in [9.17, 15) is 0 Å². The molecular formula is C18H23N. The minimum Gasteiger partial charge on any atom is -0.304 e. The maximum Gasteiger partial charge on any atom is 0.00216 e. The van der Waals surface area contributed by atoms with E-state index < -0.39 is 0 Å². The Hall–Kier alpha value is -1.60. The quantitative estimate of drug-likeness (QED) is 0.782. The number of hydrogen-bond acceptors (Lipinski definition) is 1. The molecule has 0 aliphatic carbocycles. The van der Waals surface area contributed by atoms with Gasteiger partial charge in [-0.05, 0) is 37.2 Å². The van der Waals surface area contributed by atoms with Gasteiger partial charge in [-0.2, -0.15) is 0 Å². The highest BCUT2D eigenvalue weighted by Crippen LogP contribution is 2.00. The Balaban J connectivity index is 0.000000250. The minimum absolute atomic E-state index is 1.15. The van der Waals surface area contributed by atoms with Crippen molar-refractivity contribution in [2.24, 2.45) is 0 Å². The van der Waals surface area contributed by atoms with Crippen LogP contribution in [0, 0.1) is 12.1 Å². The second-order valence-corrected chi connectivity index (χ2v) is 4.26. The molecule has 1 heteroatoms. The largest absolute Gasteiger partial charge is 0.304 e. The normalized spacial score (nSPS) is 9.84. The monoisotopic (exact) mass is 253 g/mol. The fourth-order valence-corrected chi connectivity index (χ4v) is 1.76. The van der Waals surface area contributed by atoms with Gasteiger partial charge in [-0.15, -0.1) is 0 Å². The lowest BCUT2D eigenvalue weighted by atomic mass is 10.1. The summed E-state index contributed by atoms with van der Waals surface area (Å²) < 4.78 is 0. The third-order valence-corrected chi connectivity index (χ3v) is 3.01. The van der Waals surface area contributed by atoms with Gasteiger partial charge < -0.3 is 4.90 Å². The Morgan fingerprint density at radius 2 is 1.42 bits per heavy atom. The summed E-state index contributed by atoms with van der Waals surface area (Å²) in [5.74, 6) is 0. The SMILES string of the molecule is CCN(CC)CCc1cc[c]cc1.[c]1ccccc1. The molecule has 100 valence electrons. The first-order chi connectivity index (χ1) is 9.36. The van der Waals surface area contributed by atoms with Crippen molar-refractivity contribution in [3.63, 3.8) is 0 Å². The maximum absolute atomic E-state index is 3.03. The van der Waals surface area contributed by atoms with Gasteiger partial charge in [0.2, 0.25) is 0 Å². The van der Waals surface area contributed by atoms with Gasteiger partial charge in [-0.3, -0.25) is 0 Å². The molecule has 0 fully saturated rings. The van der Waals surface area contributed by atoms with E-state index in [1.54, 1.807) is 0 Å². The molecule has 0 unspecified atom stereocenters. The van der Waals surface area contributed by atoms with Gasteiger partial charge in [0.05, 0.1) is 0 Å². The summed E-state index contributed by atoms with van der Waals surface area (Å²) in [6.45, 7) is 7.88. The first-order valence-electron chi connectivity index (χ1n) is 6.95. The zero-order valence-electron chi connectivity index (χ0n) is 12.0. The highest BCUT2D eigenvalue weighted by molar-refractivity contribution is 5.13. The molecule has 2 aromatic carbocycles. The van der Waals surface area contributed by atoms with E-state index in [4.69, 9.17) is 0 Å². The Labute approximate surface area is 117 Å². The van der Waals surface area contributed by atoms with Crippen molar-refractivity contribution in [3.8, 4) is 0 Å². The molecule has 0 amide bonds. The summed E-state index contributed by atoms with van der Waals surface area (Å²) in [6.07, 6.45) is 1.15. The summed E-state index contributed by atoms with van der Waals surface area (Å²) in [4.78, 5) is 2.44. The zero-order chi connectivity index (χ0) is 13.8. The van der Waals surface area contributed by atoms with E-state index in [-0.39, 0.29) is 0 Å². The van der Waals surface area contributed by atoms with Crippen molar-refractivity contribution in [2.45, 2.75) is 20.3 Å². The first-order valence-corrected chi connectivity index (χ1v) is 6.95. The molecule has 2 aromatic rings. The van der Waals surface area contributed by atoms with Gasteiger partial charge in [0.15, 0.2) is 0 Å². The molecule has 0 aliphatic heterocycles. The van der Waals surface area contributed by atoms with E-state index in [1.165, 1.54) is 5.56 Å². The van der Waals surface area contributed by atoms with Crippen LogP contribution in [0.25, 0.3) is 0 Å². The zero-order valence-corrected chi connectivity index (χ0v) is 12.0. The lowest BCUT2D eigenvalue weighted by Gasteiger charge is -2.17. The average molecular weight is 253 g/mol. The second-order valence-electron chi connectivity index (χ2n) is 4.26. The van der Waals surface area contributed by atoms with Gasteiger partial charge in [0, 0.05) is 6.54 Å². The molecule has 2 rings (SSSR count). The molecule has 0 saturated carbocycles. The van der Waals surface area contributed by atoms with Crippen LogP contribution in [0.4, 0.5) is 0 Å². The van der Waals surface area contributed by atoms with Crippen LogP contribution in [0.2, 0.25) is 0 Å². The summed E-state index contributed by atoms with van der Waals surface area (Å²) in [7, 11) is 0. The summed E-state index contributed by atoms with van der Waals surface area (Å²) >= 11 is 0. The predicted octanol–water partition coefficient (Wildman–Crippen LogP) is 3.86. The van der Waals surface area contributed by atoms with Crippen molar-refractivity contribution in [1.82, 2.24) is 4.90 Å². The van der Waals surface area contributed by atoms with E-state index in [2.05, 4.69) is 43.0 Å². The molecule has 0 atom stereocenters. The van der Waals surface area contributed by atoms with E-state index >= 15 is 0 Å². The van der Waals surface area contributed by atoms with Crippen LogP contribution in [-0.2, 0) is 6.42 Å². The fraction of sp³-hybridized carbons (Fsp3) is 0.333. The molecule has 0 bridgehead atoms. The summed E-state index contributed by atoms with van der Waals surface area (Å²) in [5, 5.41) is 0. The smallest absolute Gasteiger partial charge is 0.00216 e. The Kier molecular flexibility index (Phi) is 8.41. The second kappa shape index (κ2) is 10.3. The van der Waals surface area contributed by atoms with E-state index in [0.29, 0.717) is 0 Å². The molecule has 0 N–H and O–H groups in total. The minimum atomic E-state index is 1.15.